The minimum absolute atomic E-state index is 0.0529. The van der Waals surface area contributed by atoms with Gasteiger partial charge in [0.2, 0.25) is 0 Å². The van der Waals surface area contributed by atoms with Gasteiger partial charge in [-0.2, -0.15) is 0 Å². The molecule has 0 N–H and O–H groups in total. The smallest absolute Gasteiger partial charge is 0.166 e. The summed E-state index contributed by atoms with van der Waals surface area (Å²) in [6.07, 6.45) is 5.59. The zero-order valence-corrected chi connectivity index (χ0v) is 16.8. The van der Waals surface area contributed by atoms with Crippen molar-refractivity contribution in [3.05, 3.63) is 64.9 Å². The van der Waals surface area contributed by atoms with Crippen LogP contribution in [0.15, 0.2) is 48.8 Å². The van der Waals surface area contributed by atoms with E-state index in [0.717, 1.165) is 57.7 Å². The Bertz CT molecular complexity index is 775. The molecular formula is C22H26ClN4O. The Hall–Kier alpha value is -1.79. The van der Waals surface area contributed by atoms with E-state index in [-0.39, 0.29) is 17.9 Å². The summed E-state index contributed by atoms with van der Waals surface area (Å²) in [4.78, 5) is 22.0. The van der Waals surface area contributed by atoms with Crippen molar-refractivity contribution in [2.75, 3.05) is 32.7 Å². The topological polar surface area (TPSA) is 50.5 Å². The molecule has 2 fully saturated rings. The third-order valence-electron chi connectivity index (χ3n) is 5.77. The van der Waals surface area contributed by atoms with E-state index >= 15 is 0 Å². The lowest BCUT2D eigenvalue weighted by Crippen LogP contribution is -2.55. The Morgan fingerprint density at radius 2 is 1.89 bits per heavy atom. The normalized spacial score (nSPS) is 24.2. The molecule has 2 aromatic rings. The van der Waals surface area contributed by atoms with Crippen LogP contribution in [0.4, 0.5) is 0 Å². The van der Waals surface area contributed by atoms with Crippen molar-refractivity contribution in [2.24, 2.45) is 5.92 Å². The van der Waals surface area contributed by atoms with Crippen molar-refractivity contribution in [1.29, 1.82) is 0 Å². The van der Waals surface area contributed by atoms with Crippen molar-refractivity contribution >= 4 is 17.4 Å². The van der Waals surface area contributed by atoms with Gasteiger partial charge in [0.1, 0.15) is 0 Å². The van der Waals surface area contributed by atoms with Crippen molar-refractivity contribution in [1.82, 2.24) is 20.1 Å². The Balaban J connectivity index is 1.30. The van der Waals surface area contributed by atoms with Crippen LogP contribution in [0, 0.1) is 5.92 Å². The van der Waals surface area contributed by atoms with Crippen molar-refractivity contribution in [3.8, 4) is 0 Å². The van der Waals surface area contributed by atoms with Crippen LogP contribution in [-0.4, -0.2) is 59.5 Å². The average molecular weight is 398 g/mol. The van der Waals surface area contributed by atoms with Gasteiger partial charge in [0.25, 0.3) is 0 Å². The van der Waals surface area contributed by atoms with Crippen molar-refractivity contribution < 1.29 is 4.79 Å². The maximum absolute atomic E-state index is 12.9. The molecular weight excluding hydrogens is 372 g/mol. The van der Waals surface area contributed by atoms with E-state index in [2.05, 4.69) is 20.9 Å². The van der Waals surface area contributed by atoms with Gasteiger partial charge in [-0.15, -0.1) is 0 Å². The maximum atomic E-state index is 12.9. The second-order valence-corrected chi connectivity index (χ2v) is 8.09. The van der Waals surface area contributed by atoms with Crippen LogP contribution in [0.5, 0.6) is 0 Å². The first-order valence-electron chi connectivity index (χ1n) is 10.0. The van der Waals surface area contributed by atoms with Crippen molar-refractivity contribution in [2.45, 2.75) is 25.6 Å². The lowest BCUT2D eigenvalue weighted by molar-refractivity contribution is 0.0471. The van der Waals surface area contributed by atoms with Gasteiger partial charge in [0.15, 0.2) is 5.78 Å². The maximum Gasteiger partial charge on any atom is 0.166 e. The molecule has 0 spiro atoms. The molecule has 0 saturated carbocycles. The van der Waals surface area contributed by atoms with E-state index in [1.807, 2.05) is 30.6 Å². The molecule has 6 heteroatoms. The average Bonchev–Trinajstić information content (AvgIpc) is 2.75. The Kier molecular flexibility index (Phi) is 6.37. The predicted molar refractivity (Wildman–Crippen MR) is 110 cm³/mol. The highest BCUT2D eigenvalue weighted by Crippen LogP contribution is 2.25. The number of carbonyl (C=O) groups is 1. The molecule has 4 rings (SSSR count). The standard InChI is InChI=1S/C22H26ClN4O/c23-20-5-3-18(4-6-20)22(28)19-7-9-25-21(14-19)27-12-10-26(11-13-27)16-17-2-1-8-24-15-17/h1-6,8,15,19,21H,7,9-14,16H2/t19?,21-/m1/s1. The predicted octanol–water partition coefficient (Wildman–Crippen LogP) is 3.08. The molecule has 2 atom stereocenters. The minimum atomic E-state index is 0.0529. The van der Waals surface area contributed by atoms with E-state index < -0.39 is 0 Å². The molecule has 0 aliphatic carbocycles. The van der Waals surface area contributed by atoms with Gasteiger partial charge in [-0.05, 0) is 48.7 Å². The number of carbonyl (C=O) groups excluding carboxylic acids is 1. The monoisotopic (exact) mass is 397 g/mol. The number of piperidine rings is 1. The number of hydrogen-bond acceptors (Lipinski definition) is 4. The molecule has 1 aromatic heterocycles. The van der Waals surface area contributed by atoms with Crippen LogP contribution in [0.3, 0.4) is 0 Å². The summed E-state index contributed by atoms with van der Waals surface area (Å²) in [5.41, 5.74) is 2.02. The summed E-state index contributed by atoms with van der Waals surface area (Å²) in [7, 11) is 0. The van der Waals surface area contributed by atoms with E-state index in [9.17, 15) is 4.79 Å². The molecule has 1 aromatic carbocycles. The third kappa shape index (κ3) is 4.78. The first kappa shape index (κ1) is 19.5. The van der Waals surface area contributed by atoms with E-state index in [1.165, 1.54) is 5.56 Å². The highest BCUT2D eigenvalue weighted by Gasteiger charge is 2.33. The largest absolute Gasteiger partial charge is 0.296 e. The highest BCUT2D eigenvalue weighted by molar-refractivity contribution is 6.30. The van der Waals surface area contributed by atoms with Gasteiger partial charge < -0.3 is 0 Å². The number of piperazine rings is 1. The highest BCUT2D eigenvalue weighted by atomic mass is 35.5. The number of halogens is 1. The number of aromatic nitrogens is 1. The van der Waals surface area contributed by atoms with Crippen LogP contribution >= 0.6 is 11.6 Å². The number of pyridine rings is 1. The summed E-state index contributed by atoms with van der Waals surface area (Å²) in [5, 5.41) is 5.49. The second kappa shape index (κ2) is 9.14. The number of rotatable bonds is 5. The van der Waals surface area contributed by atoms with Gasteiger partial charge in [0, 0.05) is 68.2 Å². The molecule has 28 heavy (non-hydrogen) atoms. The van der Waals surface area contributed by atoms with Gasteiger partial charge in [-0.25, -0.2) is 5.32 Å². The summed E-state index contributed by atoms with van der Waals surface area (Å²) < 4.78 is 0. The molecule has 2 aliphatic heterocycles. The van der Waals surface area contributed by atoms with E-state index in [0.29, 0.717) is 5.02 Å². The molecule has 5 nitrogen and oxygen atoms in total. The lowest BCUT2D eigenvalue weighted by atomic mass is 9.87. The number of Topliss-reactive ketones (excluding diaryl/α,β-unsaturated/α-hetero) is 1. The SMILES string of the molecule is O=C(c1ccc(Cl)cc1)C1CC[N][C@H](N2CCN(Cc3cccnc3)CC2)C1. The summed E-state index contributed by atoms with van der Waals surface area (Å²) in [6, 6.07) is 11.4. The molecule has 0 amide bonds. The van der Waals surface area contributed by atoms with Crippen LogP contribution in [-0.2, 0) is 6.54 Å². The van der Waals surface area contributed by atoms with Crippen molar-refractivity contribution in [3.63, 3.8) is 0 Å². The minimum Gasteiger partial charge on any atom is -0.296 e. The van der Waals surface area contributed by atoms with Crippen LogP contribution in [0.2, 0.25) is 5.02 Å². The van der Waals surface area contributed by atoms with Gasteiger partial charge in [0.05, 0.1) is 6.17 Å². The molecule has 147 valence electrons. The van der Waals surface area contributed by atoms with E-state index in [1.54, 1.807) is 12.1 Å². The molecule has 1 unspecified atom stereocenters. The zero-order chi connectivity index (χ0) is 19.3. The summed E-state index contributed by atoms with van der Waals surface area (Å²) in [5.74, 6) is 0.281. The first-order chi connectivity index (χ1) is 13.7. The lowest BCUT2D eigenvalue weighted by Gasteiger charge is -2.41. The Morgan fingerprint density at radius 3 is 2.61 bits per heavy atom. The molecule has 0 bridgehead atoms. The number of ketones is 1. The van der Waals surface area contributed by atoms with Gasteiger partial charge >= 0.3 is 0 Å². The quantitative estimate of drug-likeness (QED) is 0.727. The number of benzene rings is 1. The van der Waals surface area contributed by atoms with Crippen LogP contribution in [0.1, 0.15) is 28.8 Å². The fourth-order valence-corrected chi connectivity index (χ4v) is 4.27. The fraction of sp³-hybridized carbons (Fsp3) is 0.455. The Labute approximate surface area is 171 Å². The summed E-state index contributed by atoms with van der Waals surface area (Å²) in [6.45, 7) is 5.76. The second-order valence-electron chi connectivity index (χ2n) is 7.65. The molecule has 2 aliphatic rings. The Morgan fingerprint density at radius 1 is 1.11 bits per heavy atom. The van der Waals surface area contributed by atoms with Gasteiger partial charge in [-0.3, -0.25) is 19.6 Å². The molecule has 3 heterocycles. The summed E-state index contributed by atoms with van der Waals surface area (Å²) >= 11 is 5.95. The number of hydrogen-bond donors (Lipinski definition) is 0. The third-order valence-corrected chi connectivity index (χ3v) is 6.02. The van der Waals surface area contributed by atoms with Crippen LogP contribution in [0.25, 0.3) is 0 Å². The fourth-order valence-electron chi connectivity index (χ4n) is 4.15. The zero-order valence-electron chi connectivity index (χ0n) is 16.0. The number of nitrogens with zero attached hydrogens (tertiary/aromatic N) is 4. The van der Waals surface area contributed by atoms with E-state index in [4.69, 9.17) is 16.9 Å². The van der Waals surface area contributed by atoms with Crippen LogP contribution < -0.4 is 5.32 Å². The van der Waals surface area contributed by atoms with Gasteiger partial charge in [-0.1, -0.05) is 17.7 Å². The molecule has 2 saturated heterocycles. The molecule has 1 radical (unpaired) electrons. The first-order valence-corrected chi connectivity index (χ1v) is 10.4.